The van der Waals surface area contributed by atoms with E-state index in [9.17, 15) is 28.7 Å². The van der Waals surface area contributed by atoms with Crippen LogP contribution in [0.15, 0.2) is 45.8 Å². The van der Waals surface area contributed by atoms with E-state index in [4.69, 9.17) is 18.6 Å². The van der Waals surface area contributed by atoms with Crippen molar-refractivity contribution in [3.63, 3.8) is 0 Å². The van der Waals surface area contributed by atoms with E-state index in [0.29, 0.717) is 19.4 Å². The van der Waals surface area contributed by atoms with Gasteiger partial charge in [0.05, 0.1) is 5.56 Å². The fourth-order valence-corrected chi connectivity index (χ4v) is 4.12. The van der Waals surface area contributed by atoms with E-state index in [-0.39, 0.29) is 46.1 Å². The van der Waals surface area contributed by atoms with Crippen molar-refractivity contribution in [1.82, 2.24) is 4.90 Å². The highest BCUT2D eigenvalue weighted by Gasteiger charge is 2.33. The monoisotopic (exact) mass is 499 g/mol. The molecule has 1 unspecified atom stereocenters. The Morgan fingerprint density at radius 3 is 2.39 bits per heavy atom. The second kappa shape index (κ2) is 10.2. The van der Waals surface area contributed by atoms with Gasteiger partial charge in [0.15, 0.2) is 0 Å². The van der Waals surface area contributed by atoms with Crippen molar-refractivity contribution in [2.45, 2.75) is 39.3 Å². The number of ether oxygens (including phenoxy) is 3. The number of hydrogen-bond donors (Lipinski definition) is 1. The summed E-state index contributed by atoms with van der Waals surface area (Å²) in [5.74, 6) is -3.29. The van der Waals surface area contributed by atoms with Crippen LogP contribution in [-0.4, -0.2) is 40.5 Å². The van der Waals surface area contributed by atoms with Gasteiger partial charge in [-0.15, -0.1) is 0 Å². The van der Waals surface area contributed by atoms with Gasteiger partial charge in [0, 0.05) is 26.5 Å². The quantitative estimate of drug-likeness (QED) is 0.380. The predicted molar refractivity (Wildman–Crippen MR) is 123 cm³/mol. The van der Waals surface area contributed by atoms with Crippen LogP contribution in [0.4, 0.5) is 4.39 Å². The highest BCUT2D eigenvalue weighted by atomic mass is 19.1. The molecule has 2 aromatic carbocycles. The Balaban J connectivity index is 1.89. The van der Waals surface area contributed by atoms with Gasteiger partial charge < -0.3 is 23.7 Å². The summed E-state index contributed by atoms with van der Waals surface area (Å²) >= 11 is 0. The van der Waals surface area contributed by atoms with Gasteiger partial charge in [-0.25, -0.2) is 4.39 Å². The molecule has 0 spiro atoms. The third-order valence-corrected chi connectivity index (χ3v) is 5.60. The van der Waals surface area contributed by atoms with Crippen LogP contribution in [0.5, 0.6) is 23.0 Å². The fourth-order valence-electron chi connectivity index (χ4n) is 4.12. The summed E-state index contributed by atoms with van der Waals surface area (Å²) < 4.78 is 35.1. The van der Waals surface area contributed by atoms with Gasteiger partial charge in [0.1, 0.15) is 46.3 Å². The van der Waals surface area contributed by atoms with Gasteiger partial charge in [-0.1, -0.05) is 0 Å². The molecule has 1 aliphatic rings. The maximum Gasteiger partial charge on any atom is 0.320 e. The first-order valence-corrected chi connectivity index (χ1v) is 11.0. The zero-order chi connectivity index (χ0) is 26.0. The maximum atomic E-state index is 13.4. The van der Waals surface area contributed by atoms with Crippen LogP contribution in [0.3, 0.4) is 0 Å². The first-order valence-electron chi connectivity index (χ1n) is 11.0. The molecule has 1 fully saturated rings. The SMILES string of the molecule is CC(=O)Oc1cc(OC(C)=O)c2c(=O)c(Oc3ccc(F)cc3)coc2c1CN1CCCC1C(=O)O. The number of benzene rings is 2. The molecule has 4 rings (SSSR count). The number of fused-ring (bicyclic) bond motifs is 1. The zero-order valence-corrected chi connectivity index (χ0v) is 19.4. The van der Waals surface area contributed by atoms with Crippen molar-refractivity contribution in [1.29, 1.82) is 0 Å². The largest absolute Gasteiger partial charge is 0.480 e. The van der Waals surface area contributed by atoms with Gasteiger partial charge in [-0.3, -0.25) is 24.1 Å². The van der Waals surface area contributed by atoms with Crippen molar-refractivity contribution < 1.29 is 42.5 Å². The summed E-state index contributed by atoms with van der Waals surface area (Å²) in [6.45, 7) is 2.75. The molecule has 3 aromatic rings. The number of aliphatic carboxylic acids is 1. The number of esters is 2. The summed E-state index contributed by atoms with van der Waals surface area (Å²) in [6.07, 6.45) is 2.11. The van der Waals surface area contributed by atoms with Crippen LogP contribution in [0.25, 0.3) is 11.0 Å². The van der Waals surface area contributed by atoms with E-state index in [0.717, 1.165) is 25.3 Å². The molecule has 0 bridgehead atoms. The van der Waals surface area contributed by atoms with E-state index >= 15 is 0 Å². The smallest absolute Gasteiger partial charge is 0.320 e. The Bertz CT molecular complexity index is 1400. The Hall–Kier alpha value is -4.25. The molecule has 0 saturated carbocycles. The van der Waals surface area contributed by atoms with Crippen LogP contribution < -0.4 is 19.6 Å². The average Bonchev–Trinajstić information content (AvgIpc) is 3.27. The zero-order valence-electron chi connectivity index (χ0n) is 19.4. The van der Waals surface area contributed by atoms with Gasteiger partial charge in [-0.2, -0.15) is 0 Å². The lowest BCUT2D eigenvalue weighted by Crippen LogP contribution is -2.35. The van der Waals surface area contributed by atoms with Crippen molar-refractivity contribution in [3.8, 4) is 23.0 Å². The molecule has 36 heavy (non-hydrogen) atoms. The minimum absolute atomic E-state index is 0.0163. The third kappa shape index (κ3) is 5.20. The lowest BCUT2D eigenvalue weighted by Gasteiger charge is -2.23. The number of carbonyl (C=O) groups excluding carboxylic acids is 2. The molecule has 11 heteroatoms. The second-order valence-electron chi connectivity index (χ2n) is 8.19. The molecule has 1 saturated heterocycles. The molecule has 1 atom stereocenters. The summed E-state index contributed by atoms with van der Waals surface area (Å²) in [5, 5.41) is 9.41. The van der Waals surface area contributed by atoms with Gasteiger partial charge in [-0.05, 0) is 43.7 Å². The Kier molecular flexibility index (Phi) is 7.02. The standard InChI is InChI=1S/C25H22FNO9/c1-13(28)34-19-10-20(35-14(2)29)22-23(30)21(36-16-7-5-15(26)6-8-16)12-33-24(22)17(19)11-27-9-3-4-18(27)25(31)32/h5-8,10,12,18H,3-4,9,11H2,1-2H3,(H,31,32). The number of carboxylic acid groups (broad SMARTS) is 1. The number of hydrogen-bond acceptors (Lipinski definition) is 9. The highest BCUT2D eigenvalue weighted by molar-refractivity contribution is 5.92. The molecule has 0 radical (unpaired) electrons. The van der Waals surface area contributed by atoms with Crippen molar-refractivity contribution in [3.05, 3.63) is 58.2 Å². The topological polar surface area (TPSA) is 133 Å². The van der Waals surface area contributed by atoms with Crippen LogP contribution in [0.1, 0.15) is 32.3 Å². The lowest BCUT2D eigenvalue weighted by atomic mass is 10.1. The van der Waals surface area contributed by atoms with E-state index < -0.39 is 35.2 Å². The molecule has 0 aliphatic carbocycles. The van der Waals surface area contributed by atoms with Crippen LogP contribution in [0.2, 0.25) is 0 Å². The van der Waals surface area contributed by atoms with Crippen molar-refractivity contribution in [2.75, 3.05) is 6.54 Å². The molecule has 0 amide bonds. The summed E-state index contributed by atoms with van der Waals surface area (Å²) in [4.78, 5) is 50.4. The minimum Gasteiger partial charge on any atom is -0.480 e. The third-order valence-electron chi connectivity index (χ3n) is 5.60. The van der Waals surface area contributed by atoms with E-state index in [1.807, 2.05) is 0 Å². The first-order chi connectivity index (χ1) is 17.1. The minimum atomic E-state index is -1.00. The molecular weight excluding hydrogens is 477 g/mol. The number of likely N-dealkylation sites (tertiary alicyclic amines) is 1. The van der Waals surface area contributed by atoms with Crippen LogP contribution in [0, 0.1) is 5.82 Å². The Labute approximate surface area is 203 Å². The Morgan fingerprint density at radius 1 is 1.08 bits per heavy atom. The number of rotatable bonds is 7. The molecule has 1 aromatic heterocycles. The average molecular weight is 499 g/mol. The molecule has 1 N–H and O–H groups in total. The first kappa shape index (κ1) is 24.9. The molecule has 2 heterocycles. The van der Waals surface area contributed by atoms with E-state index in [1.54, 1.807) is 4.90 Å². The summed E-state index contributed by atoms with van der Waals surface area (Å²) in [6, 6.07) is 5.39. The Morgan fingerprint density at radius 2 is 1.75 bits per heavy atom. The lowest BCUT2D eigenvalue weighted by molar-refractivity contribution is -0.142. The van der Waals surface area contributed by atoms with E-state index in [1.165, 1.54) is 25.1 Å². The van der Waals surface area contributed by atoms with Crippen LogP contribution in [-0.2, 0) is 20.9 Å². The fraction of sp³-hybridized carbons (Fsp3) is 0.280. The molecule has 188 valence electrons. The van der Waals surface area contributed by atoms with Crippen LogP contribution >= 0.6 is 0 Å². The number of carbonyl (C=O) groups is 3. The molecule has 1 aliphatic heterocycles. The maximum absolute atomic E-state index is 13.4. The second-order valence-corrected chi connectivity index (χ2v) is 8.19. The normalized spacial score (nSPS) is 15.6. The highest BCUT2D eigenvalue weighted by Crippen LogP contribution is 2.38. The summed E-state index contributed by atoms with van der Waals surface area (Å²) in [7, 11) is 0. The van der Waals surface area contributed by atoms with Gasteiger partial charge in [0.2, 0.25) is 11.2 Å². The number of halogens is 1. The predicted octanol–water partition coefficient (Wildman–Crippen LogP) is 3.62. The molecular formula is C25H22FNO9. The van der Waals surface area contributed by atoms with E-state index in [2.05, 4.69) is 0 Å². The molecule has 10 nitrogen and oxygen atoms in total. The van der Waals surface area contributed by atoms with Crippen molar-refractivity contribution in [2.24, 2.45) is 0 Å². The summed E-state index contributed by atoms with van der Waals surface area (Å²) in [5.41, 5.74) is -0.532. The number of carboxylic acids is 1. The number of nitrogens with zero attached hydrogens (tertiary/aromatic N) is 1. The van der Waals surface area contributed by atoms with Crippen molar-refractivity contribution >= 4 is 28.9 Å². The van der Waals surface area contributed by atoms with Gasteiger partial charge in [0.25, 0.3) is 0 Å². The van der Waals surface area contributed by atoms with Gasteiger partial charge >= 0.3 is 17.9 Å².